The second kappa shape index (κ2) is 6.54. The second-order valence-corrected chi connectivity index (χ2v) is 6.10. The average molecular weight is 316 g/mol. The standard InChI is InChI=1S/C18H21FN2O2/c1-13(20-10-2-3-11-20)18(23)21(16-8-9-16)12-17(22)14-4-6-15(19)7-5-14/h2-7,10-11,13,16-17,22H,8-9,12H2,1H3. The molecule has 2 aromatic rings. The molecule has 0 radical (unpaired) electrons. The Morgan fingerprint density at radius 2 is 1.91 bits per heavy atom. The smallest absolute Gasteiger partial charge is 0.245 e. The second-order valence-electron chi connectivity index (χ2n) is 6.10. The van der Waals surface area contributed by atoms with Crippen molar-refractivity contribution in [2.45, 2.75) is 38.0 Å². The summed E-state index contributed by atoms with van der Waals surface area (Å²) in [5, 5.41) is 10.4. The highest BCUT2D eigenvalue weighted by molar-refractivity contribution is 5.80. The number of aliphatic hydroxyl groups is 1. The fraction of sp³-hybridized carbons (Fsp3) is 0.389. The Labute approximate surface area is 135 Å². The number of aromatic nitrogens is 1. The lowest BCUT2D eigenvalue weighted by molar-refractivity contribution is -0.136. The highest BCUT2D eigenvalue weighted by atomic mass is 19.1. The van der Waals surface area contributed by atoms with Crippen LogP contribution < -0.4 is 0 Å². The first-order chi connectivity index (χ1) is 11.1. The normalized spacial score (nSPS) is 16.8. The minimum absolute atomic E-state index is 0.00450. The van der Waals surface area contributed by atoms with Gasteiger partial charge in [0, 0.05) is 18.4 Å². The first-order valence-electron chi connectivity index (χ1n) is 7.92. The number of halogens is 1. The molecule has 0 spiro atoms. The summed E-state index contributed by atoms with van der Waals surface area (Å²) in [6, 6.07) is 9.45. The van der Waals surface area contributed by atoms with Crippen LogP contribution in [0.1, 0.15) is 37.5 Å². The van der Waals surface area contributed by atoms with Crippen LogP contribution in [0.3, 0.4) is 0 Å². The lowest BCUT2D eigenvalue weighted by atomic mass is 10.1. The quantitative estimate of drug-likeness (QED) is 0.890. The number of amides is 1. The highest BCUT2D eigenvalue weighted by Crippen LogP contribution is 2.31. The molecule has 0 saturated heterocycles. The van der Waals surface area contributed by atoms with E-state index in [1.165, 1.54) is 12.1 Å². The predicted octanol–water partition coefficient (Wildman–Crippen LogP) is 2.91. The largest absolute Gasteiger partial charge is 0.387 e. The number of nitrogens with zero attached hydrogens (tertiary/aromatic N) is 2. The van der Waals surface area contributed by atoms with Gasteiger partial charge in [0.05, 0.1) is 12.6 Å². The van der Waals surface area contributed by atoms with Crippen LogP contribution in [-0.2, 0) is 4.79 Å². The van der Waals surface area contributed by atoms with E-state index in [1.807, 2.05) is 36.0 Å². The molecule has 4 nitrogen and oxygen atoms in total. The van der Waals surface area contributed by atoms with Gasteiger partial charge in [0.1, 0.15) is 11.9 Å². The van der Waals surface area contributed by atoms with Gasteiger partial charge in [0.2, 0.25) is 5.91 Å². The minimum Gasteiger partial charge on any atom is -0.387 e. The van der Waals surface area contributed by atoms with Gasteiger partial charge < -0.3 is 14.6 Å². The predicted molar refractivity (Wildman–Crippen MR) is 85.2 cm³/mol. The molecule has 1 aromatic carbocycles. The van der Waals surface area contributed by atoms with E-state index in [4.69, 9.17) is 0 Å². The zero-order chi connectivity index (χ0) is 16.4. The molecule has 1 fully saturated rings. The summed E-state index contributed by atoms with van der Waals surface area (Å²) in [5.74, 6) is -0.331. The van der Waals surface area contributed by atoms with Crippen LogP contribution in [0, 0.1) is 5.82 Å². The summed E-state index contributed by atoms with van der Waals surface area (Å²) in [4.78, 5) is 14.5. The summed E-state index contributed by atoms with van der Waals surface area (Å²) in [6.45, 7) is 2.10. The van der Waals surface area contributed by atoms with Crippen LogP contribution in [-0.4, -0.2) is 33.1 Å². The molecule has 3 rings (SSSR count). The number of hydrogen-bond donors (Lipinski definition) is 1. The molecule has 23 heavy (non-hydrogen) atoms. The van der Waals surface area contributed by atoms with Crippen molar-refractivity contribution < 1.29 is 14.3 Å². The molecule has 1 aliphatic carbocycles. The van der Waals surface area contributed by atoms with Gasteiger partial charge in [-0.25, -0.2) is 4.39 Å². The van der Waals surface area contributed by atoms with Crippen LogP contribution >= 0.6 is 0 Å². The van der Waals surface area contributed by atoms with Gasteiger partial charge in [-0.3, -0.25) is 4.79 Å². The van der Waals surface area contributed by atoms with Crippen molar-refractivity contribution in [2.75, 3.05) is 6.54 Å². The van der Waals surface area contributed by atoms with Crippen molar-refractivity contribution >= 4 is 5.91 Å². The fourth-order valence-electron chi connectivity index (χ4n) is 2.76. The number of aliphatic hydroxyl groups excluding tert-OH is 1. The first kappa shape index (κ1) is 15.7. The average Bonchev–Trinajstić information content (AvgIpc) is 3.25. The van der Waals surface area contributed by atoms with Crippen molar-refractivity contribution in [3.05, 3.63) is 60.2 Å². The van der Waals surface area contributed by atoms with E-state index in [-0.39, 0.29) is 30.4 Å². The summed E-state index contributed by atoms with van der Waals surface area (Å²) in [6.07, 6.45) is 4.87. The van der Waals surface area contributed by atoms with E-state index in [1.54, 1.807) is 17.0 Å². The zero-order valence-corrected chi connectivity index (χ0v) is 13.1. The number of hydrogen-bond acceptors (Lipinski definition) is 2. The van der Waals surface area contributed by atoms with E-state index < -0.39 is 6.10 Å². The maximum atomic E-state index is 13.0. The number of benzene rings is 1. The van der Waals surface area contributed by atoms with Crippen molar-refractivity contribution in [1.82, 2.24) is 9.47 Å². The Bertz CT molecular complexity index is 650. The maximum absolute atomic E-state index is 13.0. The van der Waals surface area contributed by atoms with Gasteiger partial charge in [-0.15, -0.1) is 0 Å². The molecule has 1 N–H and O–H groups in total. The Morgan fingerprint density at radius 3 is 2.48 bits per heavy atom. The molecule has 5 heteroatoms. The maximum Gasteiger partial charge on any atom is 0.245 e. The zero-order valence-electron chi connectivity index (χ0n) is 13.1. The molecule has 1 saturated carbocycles. The number of carbonyl (C=O) groups is 1. The Hall–Kier alpha value is -2.14. The Kier molecular flexibility index (Phi) is 4.48. The lowest BCUT2D eigenvalue weighted by Crippen LogP contribution is -2.40. The number of carbonyl (C=O) groups excluding carboxylic acids is 1. The molecular formula is C18H21FN2O2. The van der Waals surface area contributed by atoms with Crippen molar-refractivity contribution in [3.8, 4) is 0 Å². The van der Waals surface area contributed by atoms with Gasteiger partial charge >= 0.3 is 0 Å². The highest BCUT2D eigenvalue weighted by Gasteiger charge is 2.36. The van der Waals surface area contributed by atoms with E-state index in [9.17, 15) is 14.3 Å². The molecule has 0 bridgehead atoms. The van der Waals surface area contributed by atoms with Gasteiger partial charge in [0.15, 0.2) is 0 Å². The molecular weight excluding hydrogens is 295 g/mol. The molecule has 1 amide bonds. The van der Waals surface area contributed by atoms with Crippen LogP contribution in [0.5, 0.6) is 0 Å². The van der Waals surface area contributed by atoms with Gasteiger partial charge in [-0.1, -0.05) is 12.1 Å². The van der Waals surface area contributed by atoms with Crippen molar-refractivity contribution in [3.63, 3.8) is 0 Å². The summed E-state index contributed by atoms with van der Waals surface area (Å²) in [7, 11) is 0. The van der Waals surface area contributed by atoms with E-state index >= 15 is 0 Å². The van der Waals surface area contributed by atoms with Crippen molar-refractivity contribution in [2.24, 2.45) is 0 Å². The summed E-state index contributed by atoms with van der Waals surface area (Å²) >= 11 is 0. The van der Waals surface area contributed by atoms with E-state index in [0.717, 1.165) is 12.8 Å². The summed E-state index contributed by atoms with van der Waals surface area (Å²) in [5.41, 5.74) is 0.624. The van der Waals surface area contributed by atoms with Crippen LogP contribution in [0.25, 0.3) is 0 Å². The fourth-order valence-corrected chi connectivity index (χ4v) is 2.76. The van der Waals surface area contributed by atoms with Gasteiger partial charge in [-0.05, 0) is 49.6 Å². The minimum atomic E-state index is -0.808. The third-order valence-electron chi connectivity index (χ3n) is 4.33. The van der Waals surface area contributed by atoms with E-state index in [2.05, 4.69) is 0 Å². The molecule has 0 aliphatic heterocycles. The van der Waals surface area contributed by atoms with Gasteiger partial charge in [-0.2, -0.15) is 0 Å². The molecule has 2 unspecified atom stereocenters. The topological polar surface area (TPSA) is 45.5 Å². The molecule has 2 atom stereocenters. The molecule has 1 aliphatic rings. The number of rotatable bonds is 6. The SMILES string of the molecule is CC(C(=O)N(CC(O)c1ccc(F)cc1)C1CC1)n1cccc1. The van der Waals surface area contributed by atoms with E-state index in [0.29, 0.717) is 5.56 Å². The first-order valence-corrected chi connectivity index (χ1v) is 7.92. The third kappa shape index (κ3) is 3.62. The van der Waals surface area contributed by atoms with Crippen LogP contribution in [0.15, 0.2) is 48.8 Å². The third-order valence-corrected chi connectivity index (χ3v) is 4.33. The van der Waals surface area contributed by atoms with Crippen LogP contribution in [0.4, 0.5) is 4.39 Å². The lowest BCUT2D eigenvalue weighted by Gasteiger charge is -2.28. The molecule has 122 valence electrons. The molecule has 1 aromatic heterocycles. The summed E-state index contributed by atoms with van der Waals surface area (Å²) < 4.78 is 14.9. The van der Waals surface area contributed by atoms with Crippen molar-refractivity contribution in [1.29, 1.82) is 0 Å². The van der Waals surface area contributed by atoms with Crippen LogP contribution in [0.2, 0.25) is 0 Å². The van der Waals surface area contributed by atoms with Gasteiger partial charge in [0.25, 0.3) is 0 Å². The molecule has 1 heterocycles. The Morgan fingerprint density at radius 1 is 1.30 bits per heavy atom. The monoisotopic (exact) mass is 316 g/mol. The Balaban J connectivity index is 1.71.